The molecule has 130 valence electrons. The van der Waals surface area contributed by atoms with Gasteiger partial charge in [0, 0.05) is 44.6 Å². The van der Waals surface area contributed by atoms with Gasteiger partial charge < -0.3 is 20.9 Å². The maximum Gasteiger partial charge on any atom is 0.257 e. The molecule has 7 heteroatoms. The lowest BCUT2D eigenvalue weighted by atomic mass is 9.88. The van der Waals surface area contributed by atoms with E-state index >= 15 is 0 Å². The lowest BCUT2D eigenvalue weighted by Gasteiger charge is -2.33. The lowest BCUT2D eigenvalue weighted by Crippen LogP contribution is -2.48. The minimum Gasteiger partial charge on any atom is -0.337 e. The van der Waals surface area contributed by atoms with Gasteiger partial charge in [-0.2, -0.15) is 0 Å². The molecule has 3 N–H and O–H groups in total. The smallest absolute Gasteiger partial charge is 0.257 e. The van der Waals surface area contributed by atoms with Crippen LogP contribution < -0.4 is 16.0 Å². The van der Waals surface area contributed by atoms with Gasteiger partial charge >= 0.3 is 0 Å². The third kappa shape index (κ3) is 2.56. The Morgan fingerprint density at radius 2 is 2.00 bits per heavy atom. The Balaban J connectivity index is 1.52. The van der Waals surface area contributed by atoms with Crippen LogP contribution >= 0.6 is 0 Å². The molecular weight excluding hydrogens is 304 g/mol. The van der Waals surface area contributed by atoms with Crippen molar-refractivity contribution < 1.29 is 4.79 Å². The number of hydrogen-bond acceptors (Lipinski definition) is 6. The molecule has 0 spiro atoms. The van der Waals surface area contributed by atoms with Gasteiger partial charge in [-0.15, -0.1) is 0 Å². The number of rotatable bonds is 3. The van der Waals surface area contributed by atoms with E-state index in [4.69, 9.17) is 5.73 Å². The number of nitrogens with two attached hydrogens (primary N) is 1. The SMILES string of the molecule is NCC12CCC(CC1)N2c1ncc(C(=O)N2CCCNCC2)cn1. The third-order valence-electron chi connectivity index (χ3n) is 5.87. The molecule has 7 nitrogen and oxygen atoms in total. The number of fused-ring (bicyclic) bond motifs is 2. The Kier molecular flexibility index (Phi) is 4.14. The van der Waals surface area contributed by atoms with Crippen LogP contribution in [-0.4, -0.2) is 65.1 Å². The minimum atomic E-state index is 0.0307. The van der Waals surface area contributed by atoms with E-state index in [9.17, 15) is 4.79 Å². The first-order valence-electron chi connectivity index (χ1n) is 9.05. The van der Waals surface area contributed by atoms with Crippen LogP contribution in [0, 0.1) is 0 Å². The summed E-state index contributed by atoms with van der Waals surface area (Å²) in [5.41, 5.74) is 6.67. The predicted molar refractivity (Wildman–Crippen MR) is 91.9 cm³/mol. The Morgan fingerprint density at radius 3 is 2.71 bits per heavy atom. The fourth-order valence-corrected chi connectivity index (χ4v) is 4.49. The molecular formula is C17H26N6O. The van der Waals surface area contributed by atoms with E-state index in [0.29, 0.717) is 18.2 Å². The average molecular weight is 330 g/mol. The van der Waals surface area contributed by atoms with E-state index < -0.39 is 0 Å². The molecule has 24 heavy (non-hydrogen) atoms. The zero-order valence-electron chi connectivity index (χ0n) is 14.1. The Labute approximate surface area is 142 Å². The summed E-state index contributed by atoms with van der Waals surface area (Å²) in [7, 11) is 0. The highest BCUT2D eigenvalue weighted by molar-refractivity contribution is 5.93. The molecule has 4 heterocycles. The van der Waals surface area contributed by atoms with Crippen molar-refractivity contribution >= 4 is 11.9 Å². The van der Waals surface area contributed by atoms with Gasteiger partial charge in [-0.05, 0) is 38.6 Å². The highest BCUT2D eigenvalue weighted by Crippen LogP contribution is 2.47. The van der Waals surface area contributed by atoms with Crippen LogP contribution in [0.2, 0.25) is 0 Å². The second-order valence-corrected chi connectivity index (χ2v) is 7.20. The van der Waals surface area contributed by atoms with Crippen molar-refractivity contribution in [2.24, 2.45) is 5.73 Å². The topological polar surface area (TPSA) is 87.4 Å². The average Bonchev–Trinajstić information content (AvgIpc) is 3.04. The Hall–Kier alpha value is -1.73. The van der Waals surface area contributed by atoms with Gasteiger partial charge in [0.05, 0.1) is 11.1 Å². The fourth-order valence-electron chi connectivity index (χ4n) is 4.49. The molecule has 0 unspecified atom stereocenters. The molecule has 1 aromatic rings. The van der Waals surface area contributed by atoms with Crippen molar-refractivity contribution in [2.75, 3.05) is 37.6 Å². The molecule has 0 atom stereocenters. The number of hydrogen-bond donors (Lipinski definition) is 2. The quantitative estimate of drug-likeness (QED) is 0.833. The molecule has 3 saturated heterocycles. The maximum atomic E-state index is 12.6. The van der Waals surface area contributed by atoms with Crippen molar-refractivity contribution in [3.8, 4) is 0 Å². The van der Waals surface area contributed by atoms with Crippen molar-refractivity contribution in [3.63, 3.8) is 0 Å². The van der Waals surface area contributed by atoms with Gasteiger partial charge in [0.1, 0.15) is 0 Å². The number of carbonyl (C=O) groups excluding carboxylic acids is 1. The summed E-state index contributed by atoms with van der Waals surface area (Å²) in [5.74, 6) is 0.762. The highest BCUT2D eigenvalue weighted by atomic mass is 16.2. The first kappa shape index (κ1) is 15.8. The molecule has 1 amide bonds. The summed E-state index contributed by atoms with van der Waals surface area (Å²) < 4.78 is 0. The summed E-state index contributed by atoms with van der Waals surface area (Å²) in [4.78, 5) is 25.9. The number of nitrogens with zero attached hydrogens (tertiary/aromatic N) is 4. The summed E-state index contributed by atoms with van der Waals surface area (Å²) in [5, 5.41) is 3.31. The highest BCUT2D eigenvalue weighted by Gasteiger charge is 2.51. The monoisotopic (exact) mass is 330 g/mol. The third-order valence-corrected chi connectivity index (χ3v) is 5.87. The molecule has 3 aliphatic rings. The lowest BCUT2D eigenvalue weighted by molar-refractivity contribution is 0.0765. The van der Waals surface area contributed by atoms with Crippen LogP contribution in [-0.2, 0) is 0 Å². The van der Waals surface area contributed by atoms with Crippen LogP contribution in [0.1, 0.15) is 42.5 Å². The van der Waals surface area contributed by atoms with Crippen LogP contribution in [0.15, 0.2) is 12.4 Å². The zero-order chi connectivity index (χ0) is 16.6. The summed E-state index contributed by atoms with van der Waals surface area (Å²) in [6.45, 7) is 3.99. The largest absolute Gasteiger partial charge is 0.337 e. The normalized spacial score (nSPS) is 29.8. The van der Waals surface area contributed by atoms with Crippen molar-refractivity contribution in [3.05, 3.63) is 18.0 Å². The number of anilines is 1. The molecule has 0 aromatic carbocycles. The molecule has 3 aliphatic heterocycles. The van der Waals surface area contributed by atoms with Gasteiger partial charge in [-0.1, -0.05) is 0 Å². The number of amides is 1. The zero-order valence-corrected chi connectivity index (χ0v) is 14.1. The van der Waals surface area contributed by atoms with Crippen LogP contribution in [0.5, 0.6) is 0 Å². The van der Waals surface area contributed by atoms with Gasteiger partial charge in [-0.25, -0.2) is 9.97 Å². The van der Waals surface area contributed by atoms with Crippen molar-refractivity contribution in [1.29, 1.82) is 0 Å². The number of carbonyl (C=O) groups is 1. The van der Waals surface area contributed by atoms with Crippen LogP contribution in [0.4, 0.5) is 5.95 Å². The van der Waals surface area contributed by atoms with E-state index in [1.165, 1.54) is 12.8 Å². The summed E-state index contributed by atoms with van der Waals surface area (Å²) in [6, 6.07) is 0.506. The van der Waals surface area contributed by atoms with Crippen molar-refractivity contribution in [1.82, 2.24) is 20.2 Å². The number of aromatic nitrogens is 2. The van der Waals surface area contributed by atoms with Gasteiger partial charge in [-0.3, -0.25) is 4.79 Å². The second-order valence-electron chi connectivity index (χ2n) is 7.20. The Bertz CT molecular complexity index is 588. The second kappa shape index (κ2) is 6.29. The van der Waals surface area contributed by atoms with Crippen LogP contribution in [0.3, 0.4) is 0 Å². The molecule has 3 fully saturated rings. The number of nitrogens with one attached hydrogen (secondary N) is 1. The fraction of sp³-hybridized carbons (Fsp3) is 0.706. The first-order chi connectivity index (χ1) is 11.7. The van der Waals surface area contributed by atoms with E-state index in [2.05, 4.69) is 20.2 Å². The molecule has 0 radical (unpaired) electrons. The van der Waals surface area contributed by atoms with E-state index in [1.54, 1.807) is 12.4 Å². The van der Waals surface area contributed by atoms with E-state index in [0.717, 1.165) is 51.4 Å². The van der Waals surface area contributed by atoms with Crippen molar-refractivity contribution in [2.45, 2.75) is 43.7 Å². The molecule has 2 bridgehead atoms. The van der Waals surface area contributed by atoms with E-state index in [-0.39, 0.29) is 11.4 Å². The van der Waals surface area contributed by atoms with Crippen LogP contribution in [0.25, 0.3) is 0 Å². The van der Waals surface area contributed by atoms with Gasteiger partial charge in [0.15, 0.2) is 0 Å². The molecule has 0 saturated carbocycles. The van der Waals surface area contributed by atoms with Gasteiger partial charge in [0.25, 0.3) is 5.91 Å². The first-order valence-corrected chi connectivity index (χ1v) is 9.05. The predicted octanol–water partition coefficient (Wildman–Crippen LogP) is 0.372. The molecule has 1 aromatic heterocycles. The van der Waals surface area contributed by atoms with E-state index in [1.807, 2.05) is 4.90 Å². The maximum absolute atomic E-state index is 12.6. The summed E-state index contributed by atoms with van der Waals surface area (Å²) in [6.07, 6.45) is 8.94. The minimum absolute atomic E-state index is 0.0307. The summed E-state index contributed by atoms with van der Waals surface area (Å²) >= 11 is 0. The standard InChI is InChI=1S/C17H26N6O/c18-12-17-4-2-14(3-5-17)23(17)16-20-10-13(11-21-16)15(24)22-8-1-6-19-7-9-22/h10-11,14,19H,1-9,12,18H2. The molecule has 4 rings (SSSR count). The van der Waals surface area contributed by atoms with Gasteiger partial charge in [0.2, 0.25) is 5.95 Å². The Morgan fingerprint density at radius 1 is 1.25 bits per heavy atom. The molecule has 0 aliphatic carbocycles.